The Morgan fingerprint density at radius 2 is 1.41 bits per heavy atom. The van der Waals surface area contributed by atoms with Crippen molar-refractivity contribution in [1.82, 2.24) is 10.2 Å². The van der Waals surface area contributed by atoms with Gasteiger partial charge in [0, 0.05) is 13.7 Å². The van der Waals surface area contributed by atoms with E-state index in [0.29, 0.717) is 17.7 Å². The highest BCUT2D eigenvalue weighted by molar-refractivity contribution is 5.78. The summed E-state index contributed by atoms with van der Waals surface area (Å²) in [5.74, 6) is 0.0349. The van der Waals surface area contributed by atoms with Gasteiger partial charge in [-0.1, -0.05) is 25.3 Å². The van der Waals surface area contributed by atoms with E-state index >= 15 is 0 Å². The summed E-state index contributed by atoms with van der Waals surface area (Å²) in [5.41, 5.74) is -3.84. The van der Waals surface area contributed by atoms with Crippen molar-refractivity contribution >= 4 is 6.03 Å². The zero-order valence-electron chi connectivity index (χ0n) is 22.2. The lowest BCUT2D eigenvalue weighted by Crippen LogP contribution is -2.33. The number of amides is 2. The molecule has 2 aliphatic rings. The number of nitrogens with zero attached hydrogens (tertiary/aromatic N) is 1. The van der Waals surface area contributed by atoms with E-state index in [0.717, 1.165) is 49.1 Å². The van der Waals surface area contributed by atoms with Crippen LogP contribution in [0.3, 0.4) is 0 Å². The van der Waals surface area contributed by atoms with Gasteiger partial charge in [0.25, 0.3) is 0 Å². The Morgan fingerprint density at radius 1 is 0.854 bits per heavy atom. The Kier molecular flexibility index (Phi) is 8.60. The third kappa shape index (κ3) is 6.76. The van der Waals surface area contributed by atoms with Crippen LogP contribution in [0.2, 0.25) is 0 Å². The van der Waals surface area contributed by atoms with Gasteiger partial charge in [-0.05, 0) is 72.7 Å². The molecule has 1 aliphatic heterocycles. The second-order valence-corrected chi connectivity index (χ2v) is 10.6. The number of urea groups is 1. The number of alkyl halides is 9. The van der Waals surface area contributed by atoms with E-state index in [9.17, 15) is 44.3 Å². The number of halogens is 9. The highest BCUT2D eigenvalue weighted by Gasteiger charge is 2.42. The van der Waals surface area contributed by atoms with Crippen molar-refractivity contribution in [2.24, 2.45) is 5.92 Å². The maximum absolute atomic E-state index is 13.6. The van der Waals surface area contributed by atoms with Crippen LogP contribution in [0.25, 0.3) is 0 Å². The second kappa shape index (κ2) is 11.4. The van der Waals surface area contributed by atoms with Gasteiger partial charge in [0.1, 0.15) is 0 Å². The fourth-order valence-electron chi connectivity index (χ4n) is 5.83. The molecule has 4 rings (SSSR count). The molecule has 0 bridgehead atoms. The first kappa shape index (κ1) is 31.0. The van der Waals surface area contributed by atoms with Crippen molar-refractivity contribution in [3.63, 3.8) is 0 Å². The van der Waals surface area contributed by atoms with Gasteiger partial charge < -0.3 is 15.0 Å². The average molecular weight is 597 g/mol. The van der Waals surface area contributed by atoms with Crippen LogP contribution < -0.4 is 5.32 Å². The van der Waals surface area contributed by atoms with Crippen molar-refractivity contribution in [1.29, 1.82) is 0 Å². The van der Waals surface area contributed by atoms with Crippen LogP contribution in [-0.2, 0) is 29.8 Å². The van der Waals surface area contributed by atoms with Crippen molar-refractivity contribution in [2.45, 2.75) is 82.3 Å². The molecule has 0 radical (unpaired) electrons. The summed E-state index contributed by atoms with van der Waals surface area (Å²) < 4.78 is 127. The first-order chi connectivity index (χ1) is 19.0. The van der Waals surface area contributed by atoms with Gasteiger partial charge in [0.15, 0.2) is 0 Å². The van der Waals surface area contributed by atoms with Gasteiger partial charge in [-0.3, -0.25) is 0 Å². The first-order valence-corrected chi connectivity index (χ1v) is 13.1. The van der Waals surface area contributed by atoms with Crippen LogP contribution in [0, 0.1) is 5.92 Å². The zero-order valence-corrected chi connectivity index (χ0v) is 22.2. The molecule has 2 amide bonds. The highest BCUT2D eigenvalue weighted by Crippen LogP contribution is 2.42. The Labute approximate surface area is 230 Å². The van der Waals surface area contributed by atoms with Gasteiger partial charge in [-0.15, -0.1) is 0 Å². The molecule has 2 aromatic rings. The average Bonchev–Trinajstić information content (AvgIpc) is 3.17. The van der Waals surface area contributed by atoms with Gasteiger partial charge >= 0.3 is 24.6 Å². The quantitative estimate of drug-likeness (QED) is 0.339. The Bertz CT molecular complexity index is 1220. The number of carbonyl (C=O) groups excluding carboxylic acids is 1. The Balaban J connectivity index is 1.71. The zero-order chi connectivity index (χ0) is 30.3. The molecule has 0 spiro atoms. The number of rotatable bonds is 6. The van der Waals surface area contributed by atoms with Crippen LogP contribution in [0.5, 0.6) is 0 Å². The van der Waals surface area contributed by atoms with Crippen molar-refractivity contribution < 1.29 is 49.0 Å². The molecule has 0 aromatic heterocycles. The molecule has 41 heavy (non-hydrogen) atoms. The fraction of sp³-hybridized carbons (Fsp3) is 0.536. The number of carbonyl (C=O) groups is 1. The number of ether oxygens (including phenoxy) is 1. The monoisotopic (exact) mass is 596 g/mol. The summed E-state index contributed by atoms with van der Waals surface area (Å²) in [7, 11) is 1.45. The predicted octanol–water partition coefficient (Wildman–Crippen LogP) is 8.67. The number of nitrogens with one attached hydrogen (secondary N) is 1. The normalized spacial score (nSPS) is 21.7. The van der Waals surface area contributed by atoms with Crippen LogP contribution in [0.15, 0.2) is 36.4 Å². The lowest BCUT2D eigenvalue weighted by Gasteiger charge is -2.32. The van der Waals surface area contributed by atoms with Gasteiger partial charge in [-0.2, -0.15) is 39.5 Å². The van der Waals surface area contributed by atoms with Crippen LogP contribution in [0.1, 0.15) is 84.6 Å². The first-order valence-electron chi connectivity index (χ1n) is 13.1. The van der Waals surface area contributed by atoms with Gasteiger partial charge in [-0.25, -0.2) is 4.79 Å². The molecule has 13 heteroatoms. The third-order valence-electron chi connectivity index (χ3n) is 7.93. The smallest absolute Gasteiger partial charge is 0.376 e. The van der Waals surface area contributed by atoms with E-state index in [4.69, 9.17) is 4.74 Å². The molecule has 1 N–H and O–H groups in total. The molecule has 1 saturated heterocycles. The highest BCUT2D eigenvalue weighted by atomic mass is 19.4. The SMILES string of the molecule is CO[C@H](c1ccc(C(F)(F)F)cc1CN1C(=O)N[C@H](c2cc(C(F)(F)F)cc(C(F)(F)F)c2)[C@@H]1C)C1CCCCC1. The minimum Gasteiger partial charge on any atom is -0.376 e. The summed E-state index contributed by atoms with van der Waals surface area (Å²) >= 11 is 0. The van der Waals surface area contributed by atoms with Crippen LogP contribution >= 0.6 is 0 Å². The molecule has 226 valence electrons. The maximum atomic E-state index is 13.6. The summed E-state index contributed by atoms with van der Waals surface area (Å²) in [6.45, 7) is 1.05. The Hall–Kier alpha value is -2.96. The maximum Gasteiger partial charge on any atom is 0.416 e. The van der Waals surface area contributed by atoms with E-state index < -0.39 is 65.0 Å². The standard InChI is InChI=1S/C28H29F9N2O2/c1-15-23(17-10-20(27(32,33)34)13-21(11-17)28(35,36)37)38-25(40)39(15)14-18-12-19(26(29,30)31)8-9-22(18)24(41-2)16-6-4-3-5-7-16/h8-13,15-16,23-24H,3-7,14H2,1-2H3,(H,38,40)/t15-,23-,24-/m0/s1. The third-order valence-corrected chi connectivity index (χ3v) is 7.93. The van der Waals surface area contributed by atoms with Crippen LogP contribution in [-0.4, -0.2) is 24.1 Å². The van der Waals surface area contributed by atoms with E-state index in [1.54, 1.807) is 0 Å². The molecule has 2 fully saturated rings. The van der Waals surface area contributed by atoms with Crippen molar-refractivity contribution in [3.05, 3.63) is 69.8 Å². The molecule has 3 atom stereocenters. The molecule has 4 nitrogen and oxygen atoms in total. The Morgan fingerprint density at radius 3 is 1.93 bits per heavy atom. The summed E-state index contributed by atoms with van der Waals surface area (Å²) in [6, 6.07) is 1.15. The minimum atomic E-state index is -5.08. The molecule has 0 unspecified atom stereocenters. The van der Waals surface area contributed by atoms with Gasteiger partial charge in [0.2, 0.25) is 0 Å². The van der Waals surface area contributed by atoms with Crippen molar-refractivity contribution in [3.8, 4) is 0 Å². The summed E-state index contributed by atoms with van der Waals surface area (Å²) in [6.07, 6.45) is -10.9. The molecule has 2 aromatic carbocycles. The van der Waals surface area contributed by atoms with Gasteiger partial charge in [0.05, 0.1) is 34.9 Å². The van der Waals surface area contributed by atoms with E-state index in [1.807, 2.05) is 0 Å². The molecular formula is C28H29F9N2O2. The number of benzene rings is 2. The number of methoxy groups -OCH3 is 1. The lowest BCUT2D eigenvalue weighted by molar-refractivity contribution is -0.143. The fourth-order valence-corrected chi connectivity index (χ4v) is 5.83. The van der Waals surface area contributed by atoms with E-state index in [2.05, 4.69) is 5.32 Å². The summed E-state index contributed by atoms with van der Waals surface area (Å²) in [5, 5.41) is 2.42. The lowest BCUT2D eigenvalue weighted by atomic mass is 9.81. The second-order valence-electron chi connectivity index (χ2n) is 10.6. The van der Waals surface area contributed by atoms with Crippen LogP contribution in [0.4, 0.5) is 44.3 Å². The van der Waals surface area contributed by atoms with E-state index in [1.165, 1.54) is 20.1 Å². The number of hydrogen-bond acceptors (Lipinski definition) is 2. The molecular weight excluding hydrogens is 567 g/mol. The molecule has 1 heterocycles. The van der Waals surface area contributed by atoms with E-state index in [-0.39, 0.29) is 24.1 Å². The molecule has 1 saturated carbocycles. The predicted molar refractivity (Wildman–Crippen MR) is 130 cm³/mol. The summed E-state index contributed by atoms with van der Waals surface area (Å²) in [4.78, 5) is 14.1. The molecule has 1 aliphatic carbocycles. The minimum absolute atomic E-state index is 0.00618. The largest absolute Gasteiger partial charge is 0.416 e. The number of hydrogen-bond donors (Lipinski definition) is 1. The van der Waals surface area contributed by atoms with Crippen molar-refractivity contribution in [2.75, 3.05) is 7.11 Å². The topological polar surface area (TPSA) is 41.6 Å².